The highest BCUT2D eigenvalue weighted by atomic mass is 16.1. The number of unbranched alkanes of at least 4 members (excludes halogenated alkanes) is 11. The fourth-order valence-electron chi connectivity index (χ4n) is 3.31. The molecule has 24 heavy (non-hydrogen) atoms. The summed E-state index contributed by atoms with van der Waals surface area (Å²) in [6.07, 6.45) is 18.0. The van der Waals surface area contributed by atoms with Gasteiger partial charge in [0, 0.05) is 5.41 Å². The quantitative estimate of drug-likeness (QED) is 0.210. The highest BCUT2D eigenvalue weighted by Gasteiger charge is 2.30. The lowest BCUT2D eigenvalue weighted by atomic mass is 9.76. The first-order chi connectivity index (χ1) is 11.5. The van der Waals surface area contributed by atoms with Crippen LogP contribution in [-0.2, 0) is 9.59 Å². The van der Waals surface area contributed by atoms with E-state index >= 15 is 0 Å². The van der Waals surface area contributed by atoms with E-state index in [-0.39, 0.29) is 23.4 Å². The summed E-state index contributed by atoms with van der Waals surface area (Å²) in [4.78, 5) is 23.4. The lowest BCUT2D eigenvalue weighted by Crippen LogP contribution is -2.28. The molecule has 0 aliphatic heterocycles. The fraction of sp³-hybridized carbons (Fsp3) is 0.909. The molecule has 0 saturated heterocycles. The highest BCUT2D eigenvalue weighted by molar-refractivity contribution is 6.00. The van der Waals surface area contributed by atoms with Crippen LogP contribution < -0.4 is 0 Å². The third-order valence-electron chi connectivity index (χ3n) is 5.45. The maximum Gasteiger partial charge on any atom is 0.146 e. The minimum absolute atomic E-state index is 0.00521. The van der Waals surface area contributed by atoms with Gasteiger partial charge in [-0.15, -0.1) is 0 Å². The average Bonchev–Trinajstić information content (AvgIpc) is 2.55. The predicted molar refractivity (Wildman–Crippen MR) is 104 cm³/mol. The van der Waals surface area contributed by atoms with Gasteiger partial charge in [-0.1, -0.05) is 97.8 Å². The molecule has 0 aromatic heterocycles. The van der Waals surface area contributed by atoms with Crippen molar-refractivity contribution >= 4 is 11.6 Å². The molecule has 0 fully saturated rings. The summed E-state index contributed by atoms with van der Waals surface area (Å²) in [5, 5.41) is 0. The molecule has 0 N–H and O–H groups in total. The van der Waals surface area contributed by atoms with Crippen LogP contribution in [0.5, 0.6) is 0 Å². The van der Waals surface area contributed by atoms with Gasteiger partial charge < -0.3 is 0 Å². The molecule has 0 radical (unpaired) electrons. The van der Waals surface area contributed by atoms with Crippen LogP contribution >= 0.6 is 0 Å². The number of ketones is 2. The van der Waals surface area contributed by atoms with E-state index < -0.39 is 0 Å². The number of carbonyl (C=O) groups excluding carboxylic acids is 2. The summed E-state index contributed by atoms with van der Waals surface area (Å²) < 4.78 is 0. The van der Waals surface area contributed by atoms with E-state index in [2.05, 4.69) is 13.8 Å². The second-order valence-electron chi connectivity index (χ2n) is 7.86. The van der Waals surface area contributed by atoms with Gasteiger partial charge >= 0.3 is 0 Å². The third kappa shape index (κ3) is 11.8. The van der Waals surface area contributed by atoms with Crippen molar-refractivity contribution in [1.29, 1.82) is 0 Å². The van der Waals surface area contributed by atoms with E-state index in [1.54, 1.807) is 0 Å². The van der Waals surface area contributed by atoms with Gasteiger partial charge in [-0.25, -0.2) is 0 Å². The minimum atomic E-state index is -0.288. The summed E-state index contributed by atoms with van der Waals surface area (Å²) in [7, 11) is 0. The molecule has 0 spiro atoms. The molecule has 0 aromatic carbocycles. The Morgan fingerprint density at radius 1 is 0.708 bits per heavy atom. The van der Waals surface area contributed by atoms with Crippen molar-refractivity contribution in [1.82, 2.24) is 0 Å². The van der Waals surface area contributed by atoms with Gasteiger partial charge in [-0.2, -0.15) is 0 Å². The monoisotopic (exact) mass is 338 g/mol. The van der Waals surface area contributed by atoms with Crippen LogP contribution in [0.3, 0.4) is 0 Å². The van der Waals surface area contributed by atoms with Gasteiger partial charge in [0.2, 0.25) is 0 Å². The molecular formula is C22H42O2. The van der Waals surface area contributed by atoms with Crippen molar-refractivity contribution < 1.29 is 9.59 Å². The van der Waals surface area contributed by atoms with E-state index in [1.165, 1.54) is 77.6 Å². The molecule has 0 rings (SSSR count). The predicted octanol–water partition coefficient (Wildman–Crippen LogP) is 7.04. The molecule has 0 aromatic rings. The molecule has 0 aliphatic carbocycles. The number of carbonyl (C=O) groups is 2. The Morgan fingerprint density at radius 3 is 1.50 bits per heavy atom. The van der Waals surface area contributed by atoms with E-state index in [1.807, 2.05) is 6.92 Å². The first-order valence-electron chi connectivity index (χ1n) is 10.5. The van der Waals surface area contributed by atoms with Crippen LogP contribution in [0, 0.1) is 5.41 Å². The van der Waals surface area contributed by atoms with Crippen molar-refractivity contribution in [3.63, 3.8) is 0 Å². The number of hydrogen-bond acceptors (Lipinski definition) is 2. The van der Waals surface area contributed by atoms with Crippen LogP contribution in [0.1, 0.15) is 124 Å². The standard InChI is InChI=1S/C22H42O2/c1-5-7-8-9-10-11-12-13-14-15-16-17-18-22(4,6-2)21(24)19-20(3)23/h5-19H2,1-4H3. The summed E-state index contributed by atoms with van der Waals surface area (Å²) in [5.74, 6) is 0.134. The van der Waals surface area contributed by atoms with Crippen LogP contribution in [0.2, 0.25) is 0 Å². The highest BCUT2D eigenvalue weighted by Crippen LogP contribution is 2.31. The van der Waals surface area contributed by atoms with E-state index in [4.69, 9.17) is 0 Å². The van der Waals surface area contributed by atoms with E-state index in [0.29, 0.717) is 0 Å². The lowest BCUT2D eigenvalue weighted by molar-refractivity contribution is -0.132. The van der Waals surface area contributed by atoms with Crippen LogP contribution in [0.4, 0.5) is 0 Å². The number of rotatable bonds is 17. The Hall–Kier alpha value is -0.660. The maximum absolute atomic E-state index is 12.2. The Bertz CT molecular complexity index is 335. The van der Waals surface area contributed by atoms with Crippen molar-refractivity contribution in [3.8, 4) is 0 Å². The molecule has 2 heteroatoms. The van der Waals surface area contributed by atoms with Gasteiger partial charge in [0.15, 0.2) is 0 Å². The Labute approximate surface area is 151 Å². The first kappa shape index (κ1) is 23.3. The van der Waals surface area contributed by atoms with Crippen molar-refractivity contribution in [2.24, 2.45) is 5.41 Å². The molecule has 0 saturated carbocycles. The molecule has 0 amide bonds. The third-order valence-corrected chi connectivity index (χ3v) is 5.45. The molecular weight excluding hydrogens is 296 g/mol. The van der Waals surface area contributed by atoms with Crippen molar-refractivity contribution in [3.05, 3.63) is 0 Å². The van der Waals surface area contributed by atoms with Crippen molar-refractivity contribution in [2.75, 3.05) is 0 Å². The lowest BCUT2D eigenvalue weighted by Gasteiger charge is -2.26. The normalized spacial score (nSPS) is 13.7. The Balaban J connectivity index is 3.60. The van der Waals surface area contributed by atoms with Crippen LogP contribution in [-0.4, -0.2) is 11.6 Å². The molecule has 0 aliphatic rings. The molecule has 1 atom stereocenters. The van der Waals surface area contributed by atoms with E-state index in [9.17, 15) is 9.59 Å². The maximum atomic E-state index is 12.2. The van der Waals surface area contributed by atoms with Crippen LogP contribution in [0.25, 0.3) is 0 Å². The van der Waals surface area contributed by atoms with Gasteiger partial charge in [0.1, 0.15) is 11.6 Å². The average molecular weight is 339 g/mol. The molecule has 1 unspecified atom stereocenters. The summed E-state index contributed by atoms with van der Waals surface area (Å²) >= 11 is 0. The Morgan fingerprint density at radius 2 is 1.12 bits per heavy atom. The first-order valence-corrected chi connectivity index (χ1v) is 10.5. The van der Waals surface area contributed by atoms with Gasteiger partial charge in [-0.05, 0) is 19.8 Å². The van der Waals surface area contributed by atoms with Crippen molar-refractivity contribution in [2.45, 2.75) is 124 Å². The second kappa shape index (κ2) is 14.7. The summed E-state index contributed by atoms with van der Waals surface area (Å²) in [6.45, 7) is 7.88. The summed E-state index contributed by atoms with van der Waals surface area (Å²) in [5.41, 5.74) is -0.288. The topological polar surface area (TPSA) is 34.1 Å². The van der Waals surface area contributed by atoms with Gasteiger partial charge in [0.25, 0.3) is 0 Å². The van der Waals surface area contributed by atoms with Gasteiger partial charge in [0.05, 0.1) is 6.42 Å². The fourth-order valence-corrected chi connectivity index (χ4v) is 3.31. The molecule has 0 heterocycles. The molecule has 0 bridgehead atoms. The smallest absolute Gasteiger partial charge is 0.146 e. The zero-order valence-electron chi connectivity index (χ0n) is 16.9. The Kier molecular flexibility index (Phi) is 14.3. The van der Waals surface area contributed by atoms with E-state index in [0.717, 1.165) is 19.3 Å². The molecule has 142 valence electrons. The molecule has 2 nitrogen and oxygen atoms in total. The van der Waals surface area contributed by atoms with Crippen LogP contribution in [0.15, 0.2) is 0 Å². The SMILES string of the molecule is CCCCCCCCCCCCCCC(C)(CC)C(=O)CC(C)=O. The minimum Gasteiger partial charge on any atom is -0.300 e. The zero-order chi connectivity index (χ0) is 18.3. The largest absolute Gasteiger partial charge is 0.300 e. The second-order valence-corrected chi connectivity index (χ2v) is 7.86. The summed E-state index contributed by atoms with van der Waals surface area (Å²) in [6, 6.07) is 0. The van der Waals surface area contributed by atoms with Gasteiger partial charge in [-0.3, -0.25) is 9.59 Å². The number of hydrogen-bond donors (Lipinski definition) is 0. The zero-order valence-corrected chi connectivity index (χ0v) is 16.9. The number of Topliss-reactive ketones (excluding diaryl/α,β-unsaturated/α-hetero) is 2.